The number of pyridine rings is 1. The molecule has 0 amide bonds. The molecule has 1 aliphatic carbocycles. The van der Waals surface area contributed by atoms with Gasteiger partial charge >= 0.3 is 5.97 Å². The number of esters is 1. The molecule has 4 nitrogen and oxygen atoms in total. The summed E-state index contributed by atoms with van der Waals surface area (Å²) in [7, 11) is 3.91. The molecule has 0 aromatic carbocycles. The third-order valence-electron chi connectivity index (χ3n) is 3.00. The van der Waals surface area contributed by atoms with Gasteiger partial charge in [-0.15, -0.1) is 9.24 Å². The average molecular weight is 239 g/mol. The maximum Gasteiger partial charge on any atom is 0.320 e. The van der Waals surface area contributed by atoms with Gasteiger partial charge < -0.3 is 9.84 Å². The Bertz CT molecular complexity index is 423. The normalized spacial score (nSPS) is 28.3. The average Bonchev–Trinajstić information content (AvgIpc) is 2.33. The number of hydrogen-bond acceptors (Lipinski definition) is 4. The molecule has 1 unspecified atom stereocenters. The minimum absolute atomic E-state index is 0.307. The summed E-state index contributed by atoms with van der Waals surface area (Å²) >= 11 is 0. The van der Waals surface area contributed by atoms with Gasteiger partial charge in [-0.2, -0.15) is 0 Å². The lowest BCUT2D eigenvalue weighted by atomic mass is 9.83. The molecule has 0 radical (unpaired) electrons. The summed E-state index contributed by atoms with van der Waals surface area (Å²) < 4.78 is 4.82. The molecule has 1 aromatic heterocycles. The number of carbonyl (C=O) groups is 1. The lowest BCUT2D eigenvalue weighted by Gasteiger charge is -2.34. The number of fused-ring (bicyclic) bond motifs is 1. The summed E-state index contributed by atoms with van der Waals surface area (Å²) in [5, 5.41) is 9.06. The van der Waals surface area contributed by atoms with Crippen LogP contribution >= 0.6 is 9.24 Å². The zero-order valence-corrected chi connectivity index (χ0v) is 10.2. The van der Waals surface area contributed by atoms with Gasteiger partial charge in [0.05, 0.1) is 18.9 Å². The second-order valence-electron chi connectivity index (χ2n) is 3.95. The first-order valence-corrected chi connectivity index (χ1v) is 5.68. The first-order chi connectivity index (χ1) is 7.59. The molecule has 16 heavy (non-hydrogen) atoms. The maximum absolute atomic E-state index is 11.8. The van der Waals surface area contributed by atoms with E-state index < -0.39 is 11.3 Å². The minimum atomic E-state index is -0.766. The fourth-order valence-corrected chi connectivity index (χ4v) is 2.62. The number of ether oxygens (including phenoxy) is 1. The number of aliphatic hydroxyl groups is 1. The summed E-state index contributed by atoms with van der Waals surface area (Å²) in [6.45, 7) is 0. The Balaban J connectivity index is 2.53. The van der Waals surface area contributed by atoms with E-state index in [-0.39, 0.29) is 5.97 Å². The van der Waals surface area contributed by atoms with Crippen LogP contribution in [0, 0.1) is 0 Å². The molecule has 0 saturated heterocycles. The van der Waals surface area contributed by atoms with Crippen molar-refractivity contribution in [3.8, 4) is 0 Å². The van der Waals surface area contributed by atoms with E-state index in [9.17, 15) is 9.90 Å². The molecule has 0 bridgehead atoms. The van der Waals surface area contributed by atoms with E-state index in [0.29, 0.717) is 18.5 Å². The van der Waals surface area contributed by atoms with Gasteiger partial charge in [-0.05, 0) is 24.5 Å². The Hall–Kier alpha value is -0.990. The summed E-state index contributed by atoms with van der Waals surface area (Å²) in [5.41, 5.74) is 1.32. The van der Waals surface area contributed by atoms with Crippen LogP contribution in [-0.2, 0) is 14.7 Å². The van der Waals surface area contributed by atoms with Crippen molar-refractivity contribution in [1.82, 2.24) is 4.98 Å². The second-order valence-corrected chi connectivity index (χ2v) is 4.94. The summed E-state index contributed by atoms with van der Waals surface area (Å²) in [5.74, 6) is -0.307. The Kier molecular flexibility index (Phi) is 2.96. The lowest BCUT2D eigenvalue weighted by molar-refractivity contribution is -0.144. The highest BCUT2D eigenvalue weighted by molar-refractivity contribution is 7.20. The molecule has 86 valence electrons. The first-order valence-electron chi connectivity index (χ1n) is 5.10. The molecule has 1 aliphatic rings. The fraction of sp³-hybridized carbons (Fsp3) is 0.455. The van der Waals surface area contributed by atoms with E-state index in [1.807, 2.05) is 6.07 Å². The quantitative estimate of drug-likeness (QED) is 0.590. The molecule has 0 aliphatic heterocycles. The Morgan fingerprint density at radius 1 is 1.75 bits per heavy atom. The molecule has 0 saturated carbocycles. The Morgan fingerprint density at radius 2 is 2.50 bits per heavy atom. The van der Waals surface area contributed by atoms with Crippen LogP contribution in [0.3, 0.4) is 0 Å². The van der Waals surface area contributed by atoms with Crippen molar-refractivity contribution in [3.63, 3.8) is 0 Å². The molecule has 1 N–H and O–H groups in total. The molecule has 1 heterocycles. The number of hydrogen-bond donors (Lipinski definition) is 1. The van der Waals surface area contributed by atoms with Gasteiger partial charge in [0.15, 0.2) is 0 Å². The number of methoxy groups -OCH3 is 1. The third-order valence-corrected chi connectivity index (χ3v) is 3.83. The van der Waals surface area contributed by atoms with Gasteiger partial charge in [-0.25, -0.2) is 0 Å². The van der Waals surface area contributed by atoms with E-state index in [2.05, 4.69) is 14.2 Å². The van der Waals surface area contributed by atoms with E-state index in [0.717, 1.165) is 5.56 Å². The molecule has 3 atom stereocenters. The van der Waals surface area contributed by atoms with Crippen LogP contribution in [0.25, 0.3) is 0 Å². The van der Waals surface area contributed by atoms with Crippen molar-refractivity contribution >= 4 is 15.2 Å². The van der Waals surface area contributed by atoms with Crippen LogP contribution in [0.15, 0.2) is 18.3 Å². The summed E-state index contributed by atoms with van der Waals surface area (Å²) in [6, 6.07) is 3.58. The van der Waals surface area contributed by atoms with Gasteiger partial charge in [0.2, 0.25) is 0 Å². The predicted molar refractivity (Wildman–Crippen MR) is 61.8 cm³/mol. The van der Waals surface area contributed by atoms with Crippen molar-refractivity contribution in [1.29, 1.82) is 0 Å². The fourth-order valence-electron chi connectivity index (χ4n) is 2.09. The first kappa shape index (κ1) is 11.5. The van der Waals surface area contributed by atoms with E-state index in [1.54, 1.807) is 12.3 Å². The number of carbonyl (C=O) groups excluding carboxylic acids is 1. The van der Waals surface area contributed by atoms with Crippen molar-refractivity contribution in [2.75, 3.05) is 7.11 Å². The zero-order valence-electron chi connectivity index (χ0n) is 9.01. The molecule has 1 aromatic rings. The van der Waals surface area contributed by atoms with E-state index in [4.69, 9.17) is 4.74 Å². The largest absolute Gasteiger partial charge is 0.468 e. The lowest BCUT2D eigenvalue weighted by Crippen LogP contribution is -2.36. The highest BCUT2D eigenvalue weighted by Crippen LogP contribution is 2.46. The van der Waals surface area contributed by atoms with Crippen molar-refractivity contribution in [3.05, 3.63) is 29.6 Å². The van der Waals surface area contributed by atoms with E-state index in [1.165, 1.54) is 7.11 Å². The van der Waals surface area contributed by atoms with Gasteiger partial charge in [-0.1, -0.05) is 6.07 Å². The van der Waals surface area contributed by atoms with Crippen LogP contribution in [0.2, 0.25) is 0 Å². The molecular formula is C11H14NO3P. The molecular weight excluding hydrogens is 225 g/mol. The molecule has 5 heteroatoms. The monoisotopic (exact) mass is 239 g/mol. The summed E-state index contributed by atoms with van der Waals surface area (Å²) in [6.07, 6.45) is 2.09. The van der Waals surface area contributed by atoms with Gasteiger partial charge in [0.1, 0.15) is 5.16 Å². The van der Waals surface area contributed by atoms with E-state index >= 15 is 0 Å². The number of aromatic nitrogens is 1. The smallest absolute Gasteiger partial charge is 0.320 e. The van der Waals surface area contributed by atoms with Crippen LogP contribution in [0.4, 0.5) is 0 Å². The number of aliphatic hydroxyl groups excluding tert-OH is 1. The Morgan fingerprint density at radius 3 is 3.19 bits per heavy atom. The molecule has 2 rings (SSSR count). The molecule has 0 fully saturated rings. The van der Waals surface area contributed by atoms with Crippen molar-refractivity contribution in [2.45, 2.75) is 24.1 Å². The van der Waals surface area contributed by atoms with Crippen LogP contribution in [-0.4, -0.2) is 23.2 Å². The van der Waals surface area contributed by atoms with Crippen molar-refractivity contribution in [2.24, 2.45) is 0 Å². The minimum Gasteiger partial charge on any atom is -0.468 e. The number of rotatable bonds is 1. The summed E-state index contributed by atoms with van der Waals surface area (Å²) in [4.78, 5) is 15.9. The number of nitrogens with zero attached hydrogens (tertiary/aromatic N) is 1. The second kappa shape index (κ2) is 4.11. The van der Waals surface area contributed by atoms with Gasteiger partial charge in [0.25, 0.3) is 0 Å². The van der Waals surface area contributed by atoms with Gasteiger partial charge in [0, 0.05) is 6.20 Å². The third kappa shape index (κ3) is 1.62. The van der Waals surface area contributed by atoms with Gasteiger partial charge in [-0.3, -0.25) is 9.78 Å². The van der Waals surface area contributed by atoms with Crippen LogP contribution in [0.5, 0.6) is 0 Å². The topological polar surface area (TPSA) is 59.4 Å². The van der Waals surface area contributed by atoms with Crippen molar-refractivity contribution < 1.29 is 14.6 Å². The maximum atomic E-state index is 11.8. The van der Waals surface area contributed by atoms with Crippen LogP contribution in [0.1, 0.15) is 30.2 Å². The SMILES string of the molecule is COC(=O)[C@]1(P)CC[C@H](O)c2ncccc21. The molecule has 0 spiro atoms. The van der Waals surface area contributed by atoms with Crippen LogP contribution < -0.4 is 0 Å². The predicted octanol–water partition coefficient (Wildman–Crippen LogP) is 1.15. The highest BCUT2D eigenvalue weighted by Gasteiger charge is 2.43. The standard InChI is InChI=1S/C11H14NO3P/c1-15-10(14)11(16)5-4-8(13)9-7(11)3-2-6-12-9/h2-3,6,8,13H,4-5,16H2,1H3/t8-,11-/m0/s1. The Labute approximate surface area is 96.2 Å². The highest BCUT2D eigenvalue weighted by atomic mass is 31.0. The zero-order chi connectivity index (χ0) is 11.8.